The van der Waals surface area contributed by atoms with E-state index in [1.54, 1.807) is 0 Å². The molecule has 1 aromatic rings. The lowest BCUT2D eigenvalue weighted by molar-refractivity contribution is 0.0958. The molecule has 0 aromatic heterocycles. The molecule has 0 spiro atoms. The smallest absolute Gasteiger partial charge is 0.119 e. The van der Waals surface area contributed by atoms with Gasteiger partial charge < -0.3 is 10.1 Å². The van der Waals surface area contributed by atoms with Crippen molar-refractivity contribution in [1.82, 2.24) is 4.90 Å². The first-order chi connectivity index (χ1) is 9.21. The van der Waals surface area contributed by atoms with E-state index in [9.17, 15) is 0 Å². The molecule has 2 aliphatic heterocycles. The standard InChI is InChI=1S/C16H24N2O/c1-3-18-10-4-8-16(18,2)12-19-14-5-6-15-13(11-14)7-9-17-15/h5-6,11,17H,3-4,7-10,12H2,1-2H3. The van der Waals surface area contributed by atoms with Crippen LogP contribution in [0.4, 0.5) is 5.69 Å². The van der Waals surface area contributed by atoms with Crippen LogP contribution in [0, 0.1) is 0 Å². The van der Waals surface area contributed by atoms with Crippen molar-refractivity contribution in [3.05, 3.63) is 23.8 Å². The number of likely N-dealkylation sites (tertiary alicyclic amines) is 1. The molecule has 3 heteroatoms. The van der Waals surface area contributed by atoms with Crippen molar-refractivity contribution >= 4 is 5.69 Å². The van der Waals surface area contributed by atoms with Crippen LogP contribution in [0.2, 0.25) is 0 Å². The Morgan fingerprint density at radius 1 is 1.42 bits per heavy atom. The number of hydrogen-bond donors (Lipinski definition) is 1. The highest BCUT2D eigenvalue weighted by Gasteiger charge is 2.36. The fourth-order valence-electron chi connectivity index (χ4n) is 3.39. The SMILES string of the molecule is CCN1CCCC1(C)COc1ccc2c(c1)CCN2. The summed E-state index contributed by atoms with van der Waals surface area (Å²) in [7, 11) is 0. The fourth-order valence-corrected chi connectivity index (χ4v) is 3.39. The van der Waals surface area contributed by atoms with Gasteiger partial charge in [0, 0.05) is 12.2 Å². The summed E-state index contributed by atoms with van der Waals surface area (Å²) in [5.41, 5.74) is 2.88. The van der Waals surface area contributed by atoms with Crippen LogP contribution in [0.15, 0.2) is 18.2 Å². The average molecular weight is 260 g/mol. The van der Waals surface area contributed by atoms with Gasteiger partial charge in [-0.1, -0.05) is 6.92 Å². The van der Waals surface area contributed by atoms with E-state index in [0.717, 1.165) is 31.9 Å². The van der Waals surface area contributed by atoms with E-state index in [1.165, 1.54) is 30.6 Å². The number of rotatable bonds is 4. The third-order valence-corrected chi connectivity index (χ3v) is 4.62. The number of likely N-dealkylation sites (N-methyl/N-ethyl adjacent to an activating group) is 1. The number of benzene rings is 1. The third-order valence-electron chi connectivity index (χ3n) is 4.62. The Kier molecular flexibility index (Phi) is 3.40. The Balaban J connectivity index is 1.66. The first-order valence-electron chi connectivity index (χ1n) is 7.46. The maximum Gasteiger partial charge on any atom is 0.119 e. The van der Waals surface area contributed by atoms with Crippen LogP contribution < -0.4 is 10.1 Å². The first kappa shape index (κ1) is 12.8. The van der Waals surface area contributed by atoms with Crippen molar-refractivity contribution in [2.45, 2.75) is 38.6 Å². The van der Waals surface area contributed by atoms with Gasteiger partial charge in [0.25, 0.3) is 0 Å². The lowest BCUT2D eigenvalue weighted by Crippen LogP contribution is -2.45. The summed E-state index contributed by atoms with van der Waals surface area (Å²) in [5, 5.41) is 3.38. The van der Waals surface area contributed by atoms with Crippen molar-refractivity contribution in [3.8, 4) is 5.75 Å². The summed E-state index contributed by atoms with van der Waals surface area (Å²) in [6, 6.07) is 6.43. The Labute approximate surface area is 115 Å². The van der Waals surface area contributed by atoms with Crippen LogP contribution in [-0.2, 0) is 6.42 Å². The van der Waals surface area contributed by atoms with E-state index in [1.807, 2.05) is 0 Å². The van der Waals surface area contributed by atoms with Gasteiger partial charge in [-0.2, -0.15) is 0 Å². The first-order valence-corrected chi connectivity index (χ1v) is 7.46. The molecule has 3 nitrogen and oxygen atoms in total. The second-order valence-electron chi connectivity index (χ2n) is 5.96. The molecule has 0 radical (unpaired) electrons. The van der Waals surface area contributed by atoms with E-state index in [4.69, 9.17) is 4.74 Å². The van der Waals surface area contributed by atoms with E-state index in [2.05, 4.69) is 42.3 Å². The number of nitrogens with one attached hydrogen (secondary N) is 1. The highest BCUT2D eigenvalue weighted by molar-refractivity contribution is 5.57. The molecule has 1 N–H and O–H groups in total. The predicted octanol–water partition coefficient (Wildman–Crippen LogP) is 2.91. The van der Waals surface area contributed by atoms with Crippen molar-refractivity contribution in [1.29, 1.82) is 0 Å². The van der Waals surface area contributed by atoms with Gasteiger partial charge in [0.15, 0.2) is 0 Å². The monoisotopic (exact) mass is 260 g/mol. The highest BCUT2D eigenvalue weighted by atomic mass is 16.5. The van der Waals surface area contributed by atoms with Crippen LogP contribution in [0.5, 0.6) is 5.75 Å². The molecule has 2 heterocycles. The predicted molar refractivity (Wildman–Crippen MR) is 79.0 cm³/mol. The third kappa shape index (κ3) is 2.44. The zero-order valence-corrected chi connectivity index (χ0v) is 12.0. The van der Waals surface area contributed by atoms with E-state index >= 15 is 0 Å². The molecule has 0 amide bonds. The maximum absolute atomic E-state index is 6.08. The molecule has 0 aliphatic carbocycles. The van der Waals surface area contributed by atoms with Crippen molar-refractivity contribution in [2.24, 2.45) is 0 Å². The van der Waals surface area contributed by atoms with Gasteiger partial charge >= 0.3 is 0 Å². The van der Waals surface area contributed by atoms with Gasteiger partial charge in [0.05, 0.1) is 5.54 Å². The number of ether oxygens (including phenoxy) is 1. The van der Waals surface area contributed by atoms with Gasteiger partial charge in [0.2, 0.25) is 0 Å². The number of anilines is 1. The zero-order chi connectivity index (χ0) is 13.3. The highest BCUT2D eigenvalue weighted by Crippen LogP contribution is 2.31. The average Bonchev–Trinajstić information content (AvgIpc) is 3.02. The Hall–Kier alpha value is -1.22. The Morgan fingerprint density at radius 3 is 3.16 bits per heavy atom. The molecule has 1 atom stereocenters. The molecule has 19 heavy (non-hydrogen) atoms. The number of nitrogens with zero attached hydrogens (tertiary/aromatic N) is 1. The summed E-state index contributed by atoms with van der Waals surface area (Å²) in [6.45, 7) is 8.76. The normalized spacial score (nSPS) is 26.2. The van der Waals surface area contributed by atoms with Gasteiger partial charge in [-0.3, -0.25) is 4.90 Å². The van der Waals surface area contributed by atoms with Gasteiger partial charge in [-0.05, 0) is 63.0 Å². The van der Waals surface area contributed by atoms with Crippen molar-refractivity contribution in [2.75, 3.05) is 31.6 Å². The molecule has 0 saturated carbocycles. The second-order valence-corrected chi connectivity index (χ2v) is 5.96. The summed E-state index contributed by atoms with van der Waals surface area (Å²) >= 11 is 0. The quantitative estimate of drug-likeness (QED) is 0.901. The fraction of sp³-hybridized carbons (Fsp3) is 0.625. The summed E-state index contributed by atoms with van der Waals surface area (Å²) in [5.74, 6) is 1.02. The van der Waals surface area contributed by atoms with Gasteiger partial charge in [-0.25, -0.2) is 0 Å². The van der Waals surface area contributed by atoms with Crippen LogP contribution in [0.25, 0.3) is 0 Å². The number of fused-ring (bicyclic) bond motifs is 1. The molecule has 1 fully saturated rings. The Morgan fingerprint density at radius 2 is 2.32 bits per heavy atom. The van der Waals surface area contributed by atoms with Gasteiger partial charge in [0.1, 0.15) is 12.4 Å². The van der Waals surface area contributed by atoms with E-state index < -0.39 is 0 Å². The minimum absolute atomic E-state index is 0.214. The van der Waals surface area contributed by atoms with Crippen molar-refractivity contribution in [3.63, 3.8) is 0 Å². The zero-order valence-electron chi connectivity index (χ0n) is 12.0. The van der Waals surface area contributed by atoms with Crippen LogP contribution in [0.1, 0.15) is 32.3 Å². The molecular formula is C16H24N2O. The molecule has 1 unspecified atom stereocenters. The van der Waals surface area contributed by atoms with Crippen molar-refractivity contribution < 1.29 is 4.74 Å². The molecule has 0 bridgehead atoms. The maximum atomic E-state index is 6.08. The number of hydrogen-bond acceptors (Lipinski definition) is 3. The molecule has 104 valence electrons. The molecule has 2 aliphatic rings. The largest absolute Gasteiger partial charge is 0.492 e. The molecule has 1 saturated heterocycles. The lowest BCUT2D eigenvalue weighted by Gasteiger charge is -2.34. The summed E-state index contributed by atoms with van der Waals surface area (Å²) in [6.07, 6.45) is 3.65. The van der Waals surface area contributed by atoms with E-state index in [-0.39, 0.29) is 5.54 Å². The minimum Gasteiger partial charge on any atom is -0.492 e. The molecular weight excluding hydrogens is 236 g/mol. The molecule has 3 rings (SSSR count). The molecule has 1 aromatic carbocycles. The second kappa shape index (κ2) is 5.04. The summed E-state index contributed by atoms with van der Waals surface area (Å²) < 4.78 is 6.08. The Bertz CT molecular complexity index is 460. The van der Waals surface area contributed by atoms with E-state index in [0.29, 0.717) is 0 Å². The summed E-state index contributed by atoms with van der Waals surface area (Å²) in [4.78, 5) is 2.54. The van der Waals surface area contributed by atoms with Crippen LogP contribution in [0.3, 0.4) is 0 Å². The van der Waals surface area contributed by atoms with Gasteiger partial charge in [-0.15, -0.1) is 0 Å². The topological polar surface area (TPSA) is 24.5 Å². The minimum atomic E-state index is 0.214. The van der Waals surface area contributed by atoms with Crippen LogP contribution >= 0.6 is 0 Å². The van der Waals surface area contributed by atoms with Crippen LogP contribution in [-0.4, -0.2) is 36.7 Å². The lowest BCUT2D eigenvalue weighted by atomic mass is 10.0.